The topological polar surface area (TPSA) is 74.8 Å². The van der Waals surface area contributed by atoms with Gasteiger partial charge >= 0.3 is 0 Å². The number of benzene rings is 3. The molecular formula is C23H8Br4Cl4N2O4. The lowest BCUT2D eigenvalue weighted by Crippen LogP contribution is -2.51. The number of carbonyl (C=O) groups excluding carboxylic acids is 4. The molecule has 0 radical (unpaired) electrons. The maximum absolute atomic E-state index is 13.7. The summed E-state index contributed by atoms with van der Waals surface area (Å²) in [6, 6.07) is 8.28. The summed E-state index contributed by atoms with van der Waals surface area (Å²) in [6.07, 6.45) is 0. The van der Waals surface area contributed by atoms with Crippen LogP contribution < -0.4 is 0 Å². The molecule has 14 heteroatoms. The van der Waals surface area contributed by atoms with Crippen molar-refractivity contribution in [2.24, 2.45) is 0 Å². The highest BCUT2D eigenvalue weighted by Crippen LogP contribution is 2.45. The van der Waals surface area contributed by atoms with Crippen molar-refractivity contribution >= 4 is 134 Å². The molecule has 1 aliphatic heterocycles. The number of amides is 3. The average molecular weight is 838 g/mol. The van der Waals surface area contributed by atoms with E-state index < -0.39 is 30.0 Å². The summed E-state index contributed by atoms with van der Waals surface area (Å²) >= 11 is 37.7. The summed E-state index contributed by atoms with van der Waals surface area (Å²) in [5.74, 6) is -3.22. The molecule has 1 heterocycles. The Morgan fingerprint density at radius 2 is 1.14 bits per heavy atom. The van der Waals surface area contributed by atoms with Crippen LogP contribution >= 0.6 is 110 Å². The van der Waals surface area contributed by atoms with Crippen molar-refractivity contribution in [1.29, 1.82) is 0 Å². The van der Waals surface area contributed by atoms with Crippen LogP contribution in [-0.2, 0) is 0 Å². The molecular weight excluding hydrogens is 830 g/mol. The van der Waals surface area contributed by atoms with Gasteiger partial charge in [-0.1, -0.05) is 46.4 Å². The van der Waals surface area contributed by atoms with Gasteiger partial charge in [0.2, 0.25) is 0 Å². The molecule has 0 aromatic heterocycles. The van der Waals surface area contributed by atoms with Crippen molar-refractivity contribution in [2.75, 3.05) is 6.54 Å². The van der Waals surface area contributed by atoms with Crippen molar-refractivity contribution in [3.05, 3.63) is 96.6 Å². The minimum atomic E-state index is -0.889. The van der Waals surface area contributed by atoms with Crippen LogP contribution in [-0.4, -0.2) is 40.1 Å². The highest BCUT2D eigenvalue weighted by atomic mass is 79.9. The first-order valence-corrected chi connectivity index (χ1v) is 14.5. The van der Waals surface area contributed by atoms with E-state index in [2.05, 4.69) is 63.7 Å². The van der Waals surface area contributed by atoms with Gasteiger partial charge in [0, 0.05) is 33.5 Å². The number of imide groups is 1. The number of fused-ring (bicyclic) bond motifs is 1. The highest BCUT2D eigenvalue weighted by Gasteiger charge is 2.46. The van der Waals surface area contributed by atoms with Gasteiger partial charge in [-0.15, -0.1) is 0 Å². The molecule has 6 nitrogen and oxygen atoms in total. The molecule has 3 aromatic carbocycles. The summed E-state index contributed by atoms with van der Waals surface area (Å²) in [5.41, 5.74) is -0.0681. The van der Waals surface area contributed by atoms with Crippen LogP contribution in [0.2, 0.25) is 20.1 Å². The molecule has 1 aliphatic rings. The van der Waals surface area contributed by atoms with Crippen LogP contribution in [0.3, 0.4) is 0 Å². The van der Waals surface area contributed by atoms with E-state index in [1.807, 2.05) is 0 Å². The normalized spacial score (nSPS) is 12.7. The monoisotopic (exact) mass is 832 g/mol. The zero-order valence-electron chi connectivity index (χ0n) is 17.7. The number of hydrogen-bond donors (Lipinski definition) is 0. The van der Waals surface area contributed by atoms with Crippen LogP contribution in [0.15, 0.2) is 54.3 Å². The molecule has 37 heavy (non-hydrogen) atoms. The molecule has 0 saturated carbocycles. The fraction of sp³-hybridized carbons (Fsp3) is 0.0435. The number of rotatable bonds is 5. The van der Waals surface area contributed by atoms with Crippen molar-refractivity contribution in [1.82, 2.24) is 10.0 Å². The Morgan fingerprint density at radius 3 is 1.57 bits per heavy atom. The largest absolute Gasteiger partial charge is 0.292 e. The molecule has 0 bridgehead atoms. The van der Waals surface area contributed by atoms with E-state index in [1.54, 1.807) is 0 Å². The zero-order valence-corrected chi connectivity index (χ0v) is 27.1. The third-order valence-corrected chi connectivity index (χ3v) is 11.1. The predicted octanol–water partition coefficient (Wildman–Crippen LogP) is 8.89. The number of ketones is 1. The Balaban J connectivity index is 1.85. The standard InChI is InChI=1S/C23H8Br4Cl4N2O4/c24-17-15-16(18(25)20(27)19(17)26)23(37)33(22(15)36)32(21(35)11-4-2-9(29)6-13(11)31)7-14(34)10-3-1-8(28)5-12(10)30/h1-6H,7H2. The second kappa shape index (κ2) is 11.3. The molecule has 0 aliphatic carbocycles. The quantitative estimate of drug-likeness (QED) is 0.111. The number of hydrogen-bond acceptors (Lipinski definition) is 4. The van der Waals surface area contributed by atoms with Crippen LogP contribution in [0.4, 0.5) is 0 Å². The molecule has 4 rings (SSSR count). The van der Waals surface area contributed by atoms with Crippen LogP contribution in [0.25, 0.3) is 0 Å². The van der Waals surface area contributed by atoms with E-state index in [4.69, 9.17) is 46.4 Å². The number of hydrazine groups is 1. The van der Waals surface area contributed by atoms with E-state index >= 15 is 0 Å². The van der Waals surface area contributed by atoms with Gasteiger partial charge < -0.3 is 0 Å². The lowest BCUT2D eigenvalue weighted by atomic mass is 10.1. The lowest BCUT2D eigenvalue weighted by molar-refractivity contribution is 0.00527. The fourth-order valence-electron chi connectivity index (χ4n) is 3.53. The minimum absolute atomic E-state index is 0.0103. The van der Waals surface area contributed by atoms with Gasteiger partial charge in [0.25, 0.3) is 17.7 Å². The molecule has 0 N–H and O–H groups in total. The second-order valence-electron chi connectivity index (χ2n) is 7.46. The predicted molar refractivity (Wildman–Crippen MR) is 156 cm³/mol. The summed E-state index contributed by atoms with van der Waals surface area (Å²) in [5, 5.41) is 1.90. The maximum atomic E-state index is 13.7. The Bertz CT molecular complexity index is 1500. The highest BCUT2D eigenvalue weighted by molar-refractivity contribution is 9.15. The summed E-state index contributed by atoms with van der Waals surface area (Å²) in [4.78, 5) is 54.2. The average Bonchev–Trinajstić information content (AvgIpc) is 3.09. The number of Topliss-reactive ketones (excluding diaryl/α,β-unsaturated/α-hetero) is 1. The van der Waals surface area contributed by atoms with E-state index in [0.29, 0.717) is 19.0 Å². The van der Waals surface area contributed by atoms with Crippen molar-refractivity contribution in [3.8, 4) is 0 Å². The molecule has 0 unspecified atom stereocenters. The molecule has 0 saturated heterocycles. The second-order valence-corrected chi connectivity index (χ2v) is 12.3. The lowest BCUT2D eigenvalue weighted by Gasteiger charge is -2.30. The maximum Gasteiger partial charge on any atom is 0.282 e. The van der Waals surface area contributed by atoms with Crippen molar-refractivity contribution < 1.29 is 19.2 Å². The molecule has 190 valence electrons. The van der Waals surface area contributed by atoms with Crippen molar-refractivity contribution in [2.45, 2.75) is 0 Å². The van der Waals surface area contributed by atoms with Crippen LogP contribution in [0.1, 0.15) is 41.4 Å². The number of carbonyl (C=O) groups is 4. The number of halogens is 8. The minimum Gasteiger partial charge on any atom is -0.292 e. The van der Waals surface area contributed by atoms with E-state index in [0.717, 1.165) is 5.01 Å². The van der Waals surface area contributed by atoms with Crippen LogP contribution in [0.5, 0.6) is 0 Å². The van der Waals surface area contributed by atoms with Crippen LogP contribution in [0, 0.1) is 0 Å². The first kappa shape index (κ1) is 29.0. The zero-order chi connectivity index (χ0) is 27.3. The van der Waals surface area contributed by atoms with Gasteiger partial charge in [-0.25, -0.2) is 5.01 Å². The van der Waals surface area contributed by atoms with Gasteiger partial charge in [-0.05, 0) is 100 Å². The van der Waals surface area contributed by atoms with Gasteiger partial charge in [0.1, 0.15) is 6.54 Å². The Labute approximate surface area is 263 Å². The Morgan fingerprint density at radius 1 is 0.703 bits per heavy atom. The van der Waals surface area contributed by atoms with Crippen molar-refractivity contribution in [3.63, 3.8) is 0 Å². The molecule has 3 aromatic rings. The first-order valence-electron chi connectivity index (χ1n) is 9.85. The van der Waals surface area contributed by atoms with E-state index in [9.17, 15) is 19.2 Å². The third-order valence-electron chi connectivity index (χ3n) is 5.24. The van der Waals surface area contributed by atoms with E-state index in [-0.39, 0.29) is 46.3 Å². The molecule has 0 atom stereocenters. The third kappa shape index (κ3) is 5.28. The molecule has 3 amide bonds. The first-order chi connectivity index (χ1) is 17.3. The van der Waals surface area contributed by atoms with Gasteiger partial charge in [0.05, 0.1) is 26.7 Å². The SMILES string of the molecule is O=C(CN(C(=O)c1ccc(Cl)cc1Cl)N1C(=O)c2c(Br)c(Br)c(Br)c(Br)c2C1=O)c1ccc(Cl)cc1Cl. The van der Waals surface area contributed by atoms with Gasteiger partial charge in [-0.3, -0.25) is 19.2 Å². The smallest absolute Gasteiger partial charge is 0.282 e. The molecule has 0 fully saturated rings. The summed E-state index contributed by atoms with van der Waals surface area (Å²) in [6.45, 7) is -0.720. The van der Waals surface area contributed by atoms with Gasteiger partial charge in [-0.2, -0.15) is 5.01 Å². The summed E-state index contributed by atoms with van der Waals surface area (Å²) < 4.78 is 1.48. The number of nitrogens with zero attached hydrogens (tertiary/aromatic N) is 2. The molecule has 0 spiro atoms. The Kier molecular flexibility index (Phi) is 8.82. The van der Waals surface area contributed by atoms with Gasteiger partial charge in [0.15, 0.2) is 5.78 Å². The van der Waals surface area contributed by atoms with E-state index in [1.165, 1.54) is 36.4 Å². The Hall–Kier alpha value is -0.980. The summed E-state index contributed by atoms with van der Waals surface area (Å²) in [7, 11) is 0. The fourth-order valence-corrected chi connectivity index (χ4v) is 6.99.